The van der Waals surface area contributed by atoms with Gasteiger partial charge >= 0.3 is 0 Å². The third kappa shape index (κ3) is 4.21. The predicted octanol–water partition coefficient (Wildman–Crippen LogP) is 2.68. The number of thiazole rings is 2. The lowest BCUT2D eigenvalue weighted by atomic mass is 10.3. The molecule has 3 aromatic heterocycles. The Labute approximate surface area is 185 Å². The number of nitrogens with zero attached hydrogens (tertiary/aromatic N) is 3. The molecular weight excluding hydrogens is 440 g/mol. The second-order valence-corrected chi connectivity index (χ2v) is 8.96. The van der Waals surface area contributed by atoms with Crippen LogP contribution in [0.1, 0.15) is 92.0 Å². The maximum Gasteiger partial charge on any atom is 0.274 e. The van der Waals surface area contributed by atoms with Gasteiger partial charge in [-0.15, -0.1) is 22.7 Å². The zero-order chi connectivity index (χ0) is 22.3. The van der Waals surface area contributed by atoms with E-state index in [1.807, 2.05) is 0 Å². The number of fused-ring (bicyclic) bond motifs is 6. The average Bonchev–Trinajstić information content (AvgIpc) is 3.46. The van der Waals surface area contributed by atoms with Gasteiger partial charge in [0.15, 0.2) is 5.69 Å². The van der Waals surface area contributed by atoms with Gasteiger partial charge in [0.25, 0.3) is 17.7 Å². The van der Waals surface area contributed by atoms with Crippen LogP contribution < -0.4 is 16.0 Å². The molecule has 0 aliphatic carbocycles. The Kier molecular flexibility index (Phi) is 5.58. The number of amides is 3. The van der Waals surface area contributed by atoms with E-state index >= 15 is 0 Å². The number of nitrogens with one attached hydrogen (secondary N) is 3. The molecule has 6 bridgehead atoms. The van der Waals surface area contributed by atoms with Crippen LogP contribution in [0.4, 0.5) is 0 Å². The van der Waals surface area contributed by atoms with Crippen LogP contribution in [0.3, 0.4) is 0 Å². The minimum absolute atomic E-state index is 0.128. The fraction of sp³-hybridized carbons (Fsp3) is 0.368. The van der Waals surface area contributed by atoms with Crippen molar-refractivity contribution in [2.75, 3.05) is 0 Å². The summed E-state index contributed by atoms with van der Waals surface area (Å²) in [6.45, 7) is 6.90. The molecule has 12 heteroatoms. The van der Waals surface area contributed by atoms with Crippen LogP contribution in [0.5, 0.6) is 0 Å². The summed E-state index contributed by atoms with van der Waals surface area (Å²) in [5, 5.41) is 12.9. The molecule has 0 aromatic carbocycles. The summed E-state index contributed by atoms with van der Waals surface area (Å²) in [6.07, 6.45) is 0. The molecule has 3 aromatic rings. The molecule has 0 saturated heterocycles. The normalized spacial score (nSPS) is 22.2. The highest BCUT2D eigenvalue weighted by Gasteiger charge is 2.26. The number of carbonyl (C=O) groups is 3. The minimum Gasteiger partial charge on any atom is -0.443 e. The van der Waals surface area contributed by atoms with Crippen molar-refractivity contribution in [1.29, 1.82) is 0 Å². The zero-order valence-electron chi connectivity index (χ0n) is 17.2. The summed E-state index contributed by atoms with van der Waals surface area (Å²) in [6, 6.07) is -1.42. The molecule has 0 saturated carbocycles. The van der Waals surface area contributed by atoms with Crippen molar-refractivity contribution in [3.63, 3.8) is 0 Å². The second kappa shape index (κ2) is 8.19. The van der Waals surface area contributed by atoms with E-state index in [0.717, 1.165) is 0 Å². The largest absolute Gasteiger partial charge is 0.443 e. The predicted molar refractivity (Wildman–Crippen MR) is 113 cm³/mol. The zero-order valence-corrected chi connectivity index (χ0v) is 18.8. The van der Waals surface area contributed by atoms with E-state index in [1.165, 1.54) is 22.7 Å². The van der Waals surface area contributed by atoms with Gasteiger partial charge < -0.3 is 20.4 Å². The van der Waals surface area contributed by atoms with Crippen molar-refractivity contribution in [3.8, 4) is 0 Å². The fourth-order valence-electron chi connectivity index (χ4n) is 2.99. The van der Waals surface area contributed by atoms with Gasteiger partial charge in [-0.25, -0.2) is 15.0 Å². The Bertz CT molecular complexity index is 1170. The molecule has 3 atom stereocenters. The van der Waals surface area contributed by atoms with E-state index in [-0.39, 0.29) is 28.9 Å². The monoisotopic (exact) mass is 460 g/mol. The van der Waals surface area contributed by atoms with Gasteiger partial charge in [0.1, 0.15) is 33.2 Å². The minimum atomic E-state index is -0.576. The molecule has 3 N–H and O–H groups in total. The first-order valence-corrected chi connectivity index (χ1v) is 11.3. The highest BCUT2D eigenvalue weighted by molar-refractivity contribution is 7.10. The van der Waals surface area contributed by atoms with E-state index in [0.29, 0.717) is 15.8 Å². The van der Waals surface area contributed by atoms with Gasteiger partial charge in [-0.1, -0.05) is 0 Å². The van der Waals surface area contributed by atoms with Gasteiger partial charge in [-0.2, -0.15) is 0 Å². The van der Waals surface area contributed by atoms with Crippen molar-refractivity contribution < 1.29 is 18.8 Å². The van der Waals surface area contributed by atoms with E-state index in [9.17, 15) is 14.4 Å². The van der Waals surface area contributed by atoms with Crippen molar-refractivity contribution in [3.05, 3.63) is 49.5 Å². The molecule has 3 amide bonds. The van der Waals surface area contributed by atoms with Gasteiger partial charge in [-0.3, -0.25) is 14.4 Å². The molecule has 1 aliphatic rings. The van der Waals surface area contributed by atoms with E-state index in [4.69, 9.17) is 4.42 Å². The first-order chi connectivity index (χ1) is 14.7. The molecule has 0 fully saturated rings. The average molecular weight is 461 g/mol. The Morgan fingerprint density at radius 2 is 1.26 bits per heavy atom. The number of hydrogen-bond acceptors (Lipinski definition) is 9. The van der Waals surface area contributed by atoms with Gasteiger partial charge in [0.05, 0.1) is 12.1 Å². The standard InChI is InChI=1S/C19H20N6O4S2/c1-7-17-25-13(10(4)29-17)16(28)22-9(3)19-24-12(6-31-19)15(27)21-8(2)18-23-11(5-30-18)14(26)20-7/h5-9H,1-4H3,(H,20,26)(H,21,27)(H,22,28)/t7-,8+,9-/m1/s1. The summed E-state index contributed by atoms with van der Waals surface area (Å²) in [7, 11) is 0. The Hall–Kier alpha value is -3.12. The van der Waals surface area contributed by atoms with Gasteiger partial charge in [0.2, 0.25) is 5.89 Å². The van der Waals surface area contributed by atoms with Crippen LogP contribution >= 0.6 is 22.7 Å². The first kappa shape index (κ1) is 21.1. The van der Waals surface area contributed by atoms with Crippen molar-refractivity contribution in [2.45, 2.75) is 45.8 Å². The van der Waals surface area contributed by atoms with E-state index in [1.54, 1.807) is 38.5 Å². The smallest absolute Gasteiger partial charge is 0.274 e. The van der Waals surface area contributed by atoms with Crippen molar-refractivity contribution in [2.24, 2.45) is 0 Å². The molecule has 1 aliphatic heterocycles. The third-order valence-corrected chi connectivity index (χ3v) is 6.75. The lowest BCUT2D eigenvalue weighted by Crippen LogP contribution is -2.30. The van der Waals surface area contributed by atoms with Crippen molar-refractivity contribution >= 4 is 40.4 Å². The third-order valence-electron chi connectivity index (χ3n) is 4.69. The fourth-order valence-corrected chi connectivity index (χ4v) is 4.60. The molecule has 0 unspecified atom stereocenters. The highest BCUT2D eigenvalue weighted by atomic mass is 32.1. The summed E-state index contributed by atoms with van der Waals surface area (Å²) in [5.74, 6) is -0.644. The van der Waals surface area contributed by atoms with E-state index < -0.39 is 29.9 Å². The molecule has 31 heavy (non-hydrogen) atoms. The number of rotatable bonds is 0. The number of hydrogen-bond donors (Lipinski definition) is 3. The molecule has 162 valence electrons. The molecule has 0 spiro atoms. The summed E-state index contributed by atoms with van der Waals surface area (Å²) < 4.78 is 5.62. The summed E-state index contributed by atoms with van der Waals surface area (Å²) in [4.78, 5) is 50.9. The Morgan fingerprint density at radius 1 is 0.774 bits per heavy atom. The highest BCUT2D eigenvalue weighted by Crippen LogP contribution is 2.23. The van der Waals surface area contributed by atoms with Crippen LogP contribution in [0.15, 0.2) is 15.2 Å². The quantitative estimate of drug-likeness (QED) is 0.469. The van der Waals surface area contributed by atoms with Crippen LogP contribution in [-0.4, -0.2) is 32.7 Å². The van der Waals surface area contributed by atoms with Crippen LogP contribution in [0.2, 0.25) is 0 Å². The van der Waals surface area contributed by atoms with E-state index in [2.05, 4.69) is 30.9 Å². The SMILES string of the molecule is Cc1oc2nc1C(=O)N[C@H](C)c1nc(cs1)C(=O)N[C@@H](C)c1nc(cs1)C(=O)N[C@@H]2C. The molecule has 0 radical (unpaired) electrons. The second-order valence-electron chi connectivity index (χ2n) is 7.18. The van der Waals surface area contributed by atoms with Crippen LogP contribution in [-0.2, 0) is 0 Å². The number of aromatic nitrogens is 3. The maximum atomic E-state index is 12.7. The molecule has 4 rings (SSSR count). The summed E-state index contributed by atoms with van der Waals surface area (Å²) in [5.41, 5.74) is 0.598. The lowest BCUT2D eigenvalue weighted by molar-refractivity contribution is 0.0924. The Morgan fingerprint density at radius 3 is 1.81 bits per heavy atom. The lowest BCUT2D eigenvalue weighted by Gasteiger charge is -2.11. The first-order valence-electron chi connectivity index (χ1n) is 9.53. The van der Waals surface area contributed by atoms with Crippen LogP contribution in [0, 0.1) is 6.92 Å². The Balaban J connectivity index is 1.71. The summed E-state index contributed by atoms with van der Waals surface area (Å²) >= 11 is 2.55. The van der Waals surface area contributed by atoms with Crippen molar-refractivity contribution in [1.82, 2.24) is 30.9 Å². The number of carbonyl (C=O) groups excluding carboxylic acids is 3. The number of oxazole rings is 1. The molecule has 10 nitrogen and oxygen atoms in total. The molecule has 4 heterocycles. The molecular formula is C19H20N6O4S2. The number of aryl methyl sites for hydroxylation is 1. The van der Waals surface area contributed by atoms with Gasteiger partial charge in [-0.05, 0) is 27.7 Å². The van der Waals surface area contributed by atoms with Crippen LogP contribution in [0.25, 0.3) is 0 Å². The topological polar surface area (TPSA) is 139 Å². The van der Waals surface area contributed by atoms with Gasteiger partial charge in [0, 0.05) is 10.8 Å². The maximum absolute atomic E-state index is 12.7.